The summed E-state index contributed by atoms with van der Waals surface area (Å²) in [6.07, 6.45) is 9.45. The Morgan fingerprint density at radius 3 is 2.00 bits per heavy atom. The number of hydrogen-bond acceptors (Lipinski definition) is 0. The van der Waals surface area contributed by atoms with Gasteiger partial charge in [-0.15, -0.1) is 0 Å². The van der Waals surface area contributed by atoms with Gasteiger partial charge in [0.2, 0.25) is 0 Å². The zero-order valence-electron chi connectivity index (χ0n) is 6.66. The molecular weight excluding hydrogens is 108 g/mol. The molecule has 9 heavy (non-hydrogen) atoms. The second kappa shape index (κ2) is 8.00. The van der Waals surface area contributed by atoms with Gasteiger partial charge in [0, 0.05) is 0 Å². The van der Waals surface area contributed by atoms with Gasteiger partial charge in [-0.2, -0.15) is 0 Å². The van der Waals surface area contributed by atoms with Crippen molar-refractivity contribution in [3.8, 4) is 0 Å². The quantitative estimate of drug-likeness (QED) is 0.478. The molecule has 55 valence electrons. The highest BCUT2D eigenvalue weighted by atomic mass is 13.9. The van der Waals surface area contributed by atoms with Gasteiger partial charge in [0.1, 0.15) is 0 Å². The van der Waals surface area contributed by atoms with Crippen molar-refractivity contribution in [1.29, 1.82) is 0 Å². The Morgan fingerprint density at radius 2 is 1.44 bits per heavy atom. The molecule has 0 nitrogen and oxygen atoms in total. The number of rotatable bonds is 6. The van der Waals surface area contributed by atoms with Crippen molar-refractivity contribution < 1.29 is 0 Å². The summed E-state index contributed by atoms with van der Waals surface area (Å²) < 4.78 is 0. The van der Waals surface area contributed by atoms with Crippen LogP contribution in [0.4, 0.5) is 0 Å². The molecule has 0 fully saturated rings. The average Bonchev–Trinajstić information content (AvgIpc) is 1.89. The van der Waals surface area contributed by atoms with E-state index < -0.39 is 0 Å². The highest BCUT2D eigenvalue weighted by molar-refractivity contribution is 4.44. The summed E-state index contributed by atoms with van der Waals surface area (Å²) in [5, 5.41) is 0. The molecule has 0 aliphatic heterocycles. The summed E-state index contributed by atoms with van der Waals surface area (Å²) in [5.41, 5.74) is 0. The van der Waals surface area contributed by atoms with E-state index in [0.717, 1.165) is 6.42 Å². The van der Waals surface area contributed by atoms with Crippen LogP contribution in [0.15, 0.2) is 0 Å². The maximum atomic E-state index is 3.80. The van der Waals surface area contributed by atoms with Crippen LogP contribution < -0.4 is 0 Å². The fraction of sp³-hybridized carbons (Fsp3) is 0.889. The second-order valence-corrected chi connectivity index (χ2v) is 2.62. The van der Waals surface area contributed by atoms with Crippen LogP contribution in [0.3, 0.4) is 0 Å². The maximum Gasteiger partial charge on any atom is -0.0533 e. The van der Waals surface area contributed by atoms with E-state index in [2.05, 4.69) is 13.8 Å². The lowest BCUT2D eigenvalue weighted by molar-refractivity contribution is 0.611. The van der Waals surface area contributed by atoms with Crippen LogP contribution in [-0.4, -0.2) is 0 Å². The Labute approximate surface area is 59.7 Å². The lowest BCUT2D eigenvalue weighted by atomic mass is 10.1. The first kappa shape index (κ1) is 9.00. The zero-order chi connectivity index (χ0) is 6.95. The van der Waals surface area contributed by atoms with Crippen LogP contribution in [-0.2, 0) is 0 Å². The molecule has 0 unspecified atom stereocenters. The van der Waals surface area contributed by atoms with E-state index in [-0.39, 0.29) is 0 Å². The van der Waals surface area contributed by atoms with Gasteiger partial charge < -0.3 is 0 Å². The van der Waals surface area contributed by atoms with Crippen LogP contribution in [0.2, 0.25) is 0 Å². The highest BCUT2D eigenvalue weighted by Crippen LogP contribution is 2.05. The van der Waals surface area contributed by atoms with Gasteiger partial charge in [0.25, 0.3) is 0 Å². The fourth-order valence-electron chi connectivity index (χ4n) is 0.957. The Hall–Kier alpha value is 0. The van der Waals surface area contributed by atoms with Crippen LogP contribution >= 0.6 is 0 Å². The second-order valence-electron chi connectivity index (χ2n) is 2.62. The van der Waals surface area contributed by atoms with Gasteiger partial charge in [-0.3, -0.25) is 0 Å². The van der Waals surface area contributed by atoms with Gasteiger partial charge >= 0.3 is 0 Å². The standard InChI is InChI=1S/C9H19/c1-3-5-7-9-8-6-4-2/h1,3-9H2,2H3. The predicted octanol–water partition coefficient (Wildman–Crippen LogP) is 3.57. The largest absolute Gasteiger partial charge is 0.0654 e. The molecule has 0 N–H and O–H groups in total. The Bertz CT molecular complexity index is 33.3. The smallest absolute Gasteiger partial charge is 0.0533 e. The topological polar surface area (TPSA) is 0 Å². The van der Waals surface area contributed by atoms with E-state index in [4.69, 9.17) is 0 Å². The molecule has 0 saturated heterocycles. The summed E-state index contributed by atoms with van der Waals surface area (Å²) in [4.78, 5) is 0. The van der Waals surface area contributed by atoms with Crippen molar-refractivity contribution >= 4 is 0 Å². The predicted molar refractivity (Wildman–Crippen MR) is 43.4 cm³/mol. The van der Waals surface area contributed by atoms with Gasteiger partial charge in [0.15, 0.2) is 0 Å². The number of hydrogen-bond donors (Lipinski definition) is 0. The van der Waals surface area contributed by atoms with Crippen LogP contribution in [0, 0.1) is 6.92 Å². The molecule has 0 rings (SSSR count). The van der Waals surface area contributed by atoms with E-state index in [1.54, 1.807) is 0 Å². The van der Waals surface area contributed by atoms with Crippen LogP contribution in [0.5, 0.6) is 0 Å². The van der Waals surface area contributed by atoms with Crippen molar-refractivity contribution in [2.24, 2.45) is 0 Å². The van der Waals surface area contributed by atoms with Crippen molar-refractivity contribution in [3.05, 3.63) is 6.92 Å². The van der Waals surface area contributed by atoms with E-state index >= 15 is 0 Å². The Balaban J connectivity index is 2.60. The lowest BCUT2D eigenvalue weighted by Crippen LogP contribution is -1.76. The van der Waals surface area contributed by atoms with Crippen LogP contribution in [0.25, 0.3) is 0 Å². The third-order valence-electron chi connectivity index (χ3n) is 1.60. The summed E-state index contributed by atoms with van der Waals surface area (Å²) in [6.45, 7) is 6.05. The molecule has 0 saturated carbocycles. The van der Waals surface area contributed by atoms with Gasteiger partial charge in [-0.25, -0.2) is 0 Å². The summed E-state index contributed by atoms with van der Waals surface area (Å²) >= 11 is 0. The van der Waals surface area contributed by atoms with Gasteiger partial charge in [-0.1, -0.05) is 58.8 Å². The third-order valence-corrected chi connectivity index (χ3v) is 1.60. The Morgan fingerprint density at radius 1 is 0.889 bits per heavy atom. The molecule has 0 aliphatic rings. The molecule has 0 atom stereocenters. The molecule has 1 radical (unpaired) electrons. The van der Waals surface area contributed by atoms with Crippen molar-refractivity contribution in [2.45, 2.75) is 51.9 Å². The van der Waals surface area contributed by atoms with Crippen molar-refractivity contribution in [1.82, 2.24) is 0 Å². The molecule has 0 aliphatic carbocycles. The third kappa shape index (κ3) is 8.00. The molecule has 0 spiro atoms. The normalized spacial score (nSPS) is 10.0. The van der Waals surface area contributed by atoms with Crippen LogP contribution in [0.1, 0.15) is 51.9 Å². The molecule has 0 bridgehead atoms. The fourth-order valence-corrected chi connectivity index (χ4v) is 0.957. The summed E-state index contributed by atoms with van der Waals surface area (Å²) in [6, 6.07) is 0. The SMILES string of the molecule is [CH2]CCCCCCCC. The van der Waals surface area contributed by atoms with Gasteiger partial charge in [0.05, 0.1) is 0 Å². The average molecular weight is 127 g/mol. The monoisotopic (exact) mass is 127 g/mol. The zero-order valence-corrected chi connectivity index (χ0v) is 6.66. The summed E-state index contributed by atoms with van der Waals surface area (Å²) in [7, 11) is 0. The minimum Gasteiger partial charge on any atom is -0.0654 e. The van der Waals surface area contributed by atoms with Gasteiger partial charge in [-0.05, 0) is 0 Å². The maximum absolute atomic E-state index is 3.80. The lowest BCUT2D eigenvalue weighted by Gasteiger charge is -1.95. The Kier molecular flexibility index (Phi) is 8.00. The summed E-state index contributed by atoms with van der Waals surface area (Å²) in [5.74, 6) is 0. The first-order valence-electron chi connectivity index (χ1n) is 4.21. The first-order chi connectivity index (χ1) is 4.41. The van der Waals surface area contributed by atoms with Crippen molar-refractivity contribution in [3.63, 3.8) is 0 Å². The molecule has 0 aromatic carbocycles. The molecule has 0 aromatic rings. The highest BCUT2D eigenvalue weighted by Gasteiger charge is 1.85. The molecular formula is C9H19. The van der Waals surface area contributed by atoms with E-state index in [1.165, 1.54) is 38.5 Å². The van der Waals surface area contributed by atoms with Crippen molar-refractivity contribution in [2.75, 3.05) is 0 Å². The molecule has 0 aromatic heterocycles. The molecule has 0 amide bonds. The number of unbranched alkanes of at least 4 members (excludes halogenated alkanes) is 6. The molecule has 0 heterocycles. The van der Waals surface area contributed by atoms with E-state index in [9.17, 15) is 0 Å². The van der Waals surface area contributed by atoms with E-state index in [1.807, 2.05) is 0 Å². The first-order valence-corrected chi connectivity index (χ1v) is 4.21. The molecule has 0 heteroatoms. The minimum atomic E-state index is 1.12. The van der Waals surface area contributed by atoms with E-state index in [0.29, 0.717) is 0 Å². The minimum absolute atomic E-state index is 1.12.